The molecule has 0 unspecified atom stereocenters. The van der Waals surface area contributed by atoms with Crippen molar-refractivity contribution in [3.05, 3.63) is 156 Å². The van der Waals surface area contributed by atoms with Gasteiger partial charge in [-0.15, -0.1) is 0 Å². The summed E-state index contributed by atoms with van der Waals surface area (Å²) < 4.78 is 11.7. The van der Waals surface area contributed by atoms with Crippen LogP contribution in [0.15, 0.2) is 72.8 Å². The van der Waals surface area contributed by atoms with Crippen LogP contribution in [0.25, 0.3) is 0 Å². The van der Waals surface area contributed by atoms with E-state index in [0.717, 1.165) is 72.3 Å². The first-order chi connectivity index (χ1) is 23.2. The number of benzene rings is 5. The normalized spacial score (nSPS) is 11.0. The van der Waals surface area contributed by atoms with Crippen molar-refractivity contribution < 1.29 is 29.3 Å². The molecule has 0 atom stereocenters. The van der Waals surface area contributed by atoms with Crippen LogP contribution in [0.3, 0.4) is 0 Å². The Kier molecular flexibility index (Phi) is 10.3. The van der Waals surface area contributed by atoms with Crippen LogP contribution in [0.1, 0.15) is 93.0 Å². The van der Waals surface area contributed by atoms with E-state index in [1.165, 1.54) is 0 Å². The van der Waals surface area contributed by atoms with Crippen molar-refractivity contribution in [1.82, 2.24) is 0 Å². The molecular formula is C43H44O6. The van der Waals surface area contributed by atoms with Gasteiger partial charge in [-0.05, 0) is 130 Å². The van der Waals surface area contributed by atoms with Gasteiger partial charge in [0.25, 0.3) is 0 Å². The van der Waals surface area contributed by atoms with E-state index in [1.54, 1.807) is 24.3 Å². The second-order valence-electron chi connectivity index (χ2n) is 13.4. The zero-order valence-corrected chi connectivity index (χ0v) is 29.6. The molecule has 0 bridgehead atoms. The average molecular weight is 657 g/mol. The van der Waals surface area contributed by atoms with Gasteiger partial charge in [0.2, 0.25) is 0 Å². The Bertz CT molecular complexity index is 2070. The maximum Gasteiger partial charge on any atom is 0.343 e. The molecule has 0 aliphatic carbocycles. The standard InChI is InChI=1S/C43H44O6/c1-24-13-28(5)38(34(17-24)21-35-18-25(2)14-29(6)39(35)44)23-48-42(46)32-9-11-33(12-10-32)43(47)49-41-31(8)16-27(4)20-37(41)22-36-19-26(3)15-30(7)40(36)45/h9-20,44-45H,21-23H2,1-8H3. The molecule has 0 spiro atoms. The smallest absolute Gasteiger partial charge is 0.343 e. The molecule has 0 aliphatic heterocycles. The van der Waals surface area contributed by atoms with E-state index in [1.807, 2.05) is 91.8 Å². The molecular weight excluding hydrogens is 612 g/mol. The highest BCUT2D eigenvalue weighted by molar-refractivity contribution is 5.94. The number of phenols is 2. The fourth-order valence-corrected chi connectivity index (χ4v) is 6.66. The van der Waals surface area contributed by atoms with Crippen LogP contribution >= 0.6 is 0 Å². The third-order valence-corrected chi connectivity index (χ3v) is 8.91. The van der Waals surface area contributed by atoms with Gasteiger partial charge >= 0.3 is 11.9 Å². The third kappa shape index (κ3) is 8.03. The van der Waals surface area contributed by atoms with E-state index >= 15 is 0 Å². The van der Waals surface area contributed by atoms with Crippen LogP contribution in [0.2, 0.25) is 0 Å². The lowest BCUT2D eigenvalue weighted by Gasteiger charge is -2.17. The highest BCUT2D eigenvalue weighted by Gasteiger charge is 2.19. The number of esters is 2. The number of carbonyl (C=O) groups is 2. The molecule has 0 fully saturated rings. The van der Waals surface area contributed by atoms with Gasteiger partial charge in [0, 0.05) is 12.8 Å². The molecule has 252 valence electrons. The number of hydrogen-bond acceptors (Lipinski definition) is 6. The number of ether oxygens (including phenoxy) is 2. The van der Waals surface area contributed by atoms with Crippen molar-refractivity contribution in [2.24, 2.45) is 0 Å². The first kappa shape index (κ1) is 35.0. The van der Waals surface area contributed by atoms with Gasteiger partial charge in [-0.2, -0.15) is 0 Å². The maximum atomic E-state index is 13.3. The van der Waals surface area contributed by atoms with Crippen LogP contribution in [-0.4, -0.2) is 22.2 Å². The van der Waals surface area contributed by atoms with E-state index in [4.69, 9.17) is 9.47 Å². The molecule has 0 saturated heterocycles. The quantitative estimate of drug-likeness (QED) is 0.121. The lowest BCUT2D eigenvalue weighted by atomic mass is 9.92. The van der Waals surface area contributed by atoms with E-state index in [-0.39, 0.29) is 18.1 Å². The molecule has 5 rings (SSSR count). The Labute approximate surface area is 289 Å². The average Bonchev–Trinajstić information content (AvgIpc) is 3.03. The summed E-state index contributed by atoms with van der Waals surface area (Å²) in [7, 11) is 0. The minimum atomic E-state index is -0.549. The highest BCUT2D eigenvalue weighted by Crippen LogP contribution is 2.33. The van der Waals surface area contributed by atoms with Crippen LogP contribution in [-0.2, 0) is 24.2 Å². The number of aryl methyl sites for hydroxylation is 8. The molecule has 5 aromatic rings. The van der Waals surface area contributed by atoms with Gasteiger partial charge in [-0.25, -0.2) is 9.59 Å². The molecule has 0 aliphatic rings. The molecule has 0 radical (unpaired) electrons. The SMILES string of the molecule is Cc1cc(C)c(O)c(Cc2cc(C)cc(C)c2COC(=O)c2ccc(C(=O)Oc3c(C)cc(C)cc3Cc3cc(C)cc(C)c3O)cc2)c1. The Hall–Kier alpha value is -5.36. The first-order valence-electron chi connectivity index (χ1n) is 16.5. The van der Waals surface area contributed by atoms with Crippen molar-refractivity contribution in [2.75, 3.05) is 0 Å². The van der Waals surface area contributed by atoms with Gasteiger partial charge in [0.15, 0.2) is 0 Å². The molecule has 0 heterocycles. The summed E-state index contributed by atoms with van der Waals surface area (Å²) in [6.07, 6.45) is 0.909. The first-order valence-corrected chi connectivity index (χ1v) is 16.5. The highest BCUT2D eigenvalue weighted by atomic mass is 16.5. The number of hydrogen-bond donors (Lipinski definition) is 2. The summed E-state index contributed by atoms with van der Waals surface area (Å²) in [5.41, 5.74) is 12.5. The van der Waals surface area contributed by atoms with E-state index in [2.05, 4.69) is 12.1 Å². The molecule has 6 heteroatoms. The summed E-state index contributed by atoms with van der Waals surface area (Å²) in [4.78, 5) is 26.5. The second-order valence-corrected chi connectivity index (χ2v) is 13.4. The lowest BCUT2D eigenvalue weighted by Crippen LogP contribution is -2.12. The summed E-state index contributed by atoms with van der Waals surface area (Å²) >= 11 is 0. The van der Waals surface area contributed by atoms with Crippen molar-refractivity contribution >= 4 is 11.9 Å². The maximum absolute atomic E-state index is 13.3. The largest absolute Gasteiger partial charge is 0.507 e. The number of carbonyl (C=O) groups excluding carboxylic acids is 2. The summed E-state index contributed by atoms with van der Waals surface area (Å²) in [6, 6.07) is 22.1. The number of rotatable bonds is 9. The predicted octanol–water partition coefficient (Wildman–Crippen LogP) is 9.32. The van der Waals surface area contributed by atoms with Crippen LogP contribution < -0.4 is 4.74 Å². The van der Waals surface area contributed by atoms with Crippen molar-refractivity contribution in [3.8, 4) is 17.2 Å². The van der Waals surface area contributed by atoms with Crippen LogP contribution in [0.5, 0.6) is 17.2 Å². The molecule has 2 N–H and O–H groups in total. The van der Waals surface area contributed by atoms with E-state index < -0.39 is 11.9 Å². The van der Waals surface area contributed by atoms with E-state index in [0.29, 0.717) is 29.7 Å². The number of phenolic OH excluding ortho intramolecular Hbond substituents is 2. The van der Waals surface area contributed by atoms with E-state index in [9.17, 15) is 19.8 Å². The summed E-state index contributed by atoms with van der Waals surface area (Å²) in [5.74, 6) is -0.0898. The number of aromatic hydroxyl groups is 2. The summed E-state index contributed by atoms with van der Waals surface area (Å²) in [6.45, 7) is 15.7. The van der Waals surface area contributed by atoms with Gasteiger partial charge in [0.05, 0.1) is 11.1 Å². The molecule has 0 aromatic heterocycles. The third-order valence-electron chi connectivity index (χ3n) is 8.91. The second kappa shape index (κ2) is 14.4. The minimum Gasteiger partial charge on any atom is -0.507 e. The Balaban J connectivity index is 1.30. The zero-order valence-electron chi connectivity index (χ0n) is 29.6. The molecule has 6 nitrogen and oxygen atoms in total. The monoisotopic (exact) mass is 656 g/mol. The fourth-order valence-electron chi connectivity index (χ4n) is 6.66. The Morgan fingerprint density at radius 2 is 0.918 bits per heavy atom. The van der Waals surface area contributed by atoms with Crippen molar-refractivity contribution in [3.63, 3.8) is 0 Å². The Morgan fingerprint density at radius 1 is 0.510 bits per heavy atom. The zero-order chi connectivity index (χ0) is 35.6. The molecule has 0 amide bonds. The van der Waals surface area contributed by atoms with Gasteiger partial charge < -0.3 is 19.7 Å². The molecule has 0 saturated carbocycles. The molecule has 5 aromatic carbocycles. The fraction of sp³-hybridized carbons (Fsp3) is 0.256. The Morgan fingerprint density at radius 3 is 1.45 bits per heavy atom. The van der Waals surface area contributed by atoms with Gasteiger partial charge in [0.1, 0.15) is 23.9 Å². The minimum absolute atomic E-state index is 0.0706. The van der Waals surface area contributed by atoms with Crippen molar-refractivity contribution in [2.45, 2.75) is 74.8 Å². The summed E-state index contributed by atoms with van der Waals surface area (Å²) in [5, 5.41) is 21.4. The predicted molar refractivity (Wildman–Crippen MR) is 193 cm³/mol. The molecule has 49 heavy (non-hydrogen) atoms. The van der Waals surface area contributed by atoms with Crippen LogP contribution in [0.4, 0.5) is 0 Å². The topological polar surface area (TPSA) is 93.1 Å². The van der Waals surface area contributed by atoms with Crippen molar-refractivity contribution in [1.29, 1.82) is 0 Å². The van der Waals surface area contributed by atoms with Gasteiger partial charge in [-0.3, -0.25) is 0 Å². The van der Waals surface area contributed by atoms with Crippen LogP contribution in [0, 0.1) is 55.4 Å². The van der Waals surface area contributed by atoms with Gasteiger partial charge in [-0.1, -0.05) is 70.8 Å². The lowest BCUT2D eigenvalue weighted by molar-refractivity contribution is 0.0470.